The predicted octanol–water partition coefficient (Wildman–Crippen LogP) is 6.24. The third kappa shape index (κ3) is 5.95. The van der Waals surface area contributed by atoms with Crippen LogP contribution in [0, 0.1) is 17.0 Å². The number of benzene rings is 3. The van der Waals surface area contributed by atoms with Gasteiger partial charge in [-0.1, -0.05) is 78.9 Å². The fourth-order valence-corrected chi connectivity index (χ4v) is 5.83. The molecule has 1 fully saturated rings. The summed E-state index contributed by atoms with van der Waals surface area (Å²) in [6.45, 7) is 4.53. The molecule has 0 saturated carbocycles. The summed E-state index contributed by atoms with van der Waals surface area (Å²) in [5, 5.41) is 14.3. The van der Waals surface area contributed by atoms with Gasteiger partial charge in [-0.25, -0.2) is 0 Å². The molecule has 0 aliphatic carbocycles. The van der Waals surface area contributed by atoms with Crippen molar-refractivity contribution < 1.29 is 9.72 Å². The average Bonchev–Trinajstić information content (AvgIpc) is 3.00. The molecule has 1 atom stereocenters. The van der Waals surface area contributed by atoms with Crippen LogP contribution in [-0.4, -0.2) is 40.3 Å². The highest BCUT2D eigenvalue weighted by Crippen LogP contribution is 2.41. The summed E-state index contributed by atoms with van der Waals surface area (Å²) in [6, 6.07) is 31.4. The van der Waals surface area contributed by atoms with Crippen molar-refractivity contribution in [1.82, 2.24) is 15.2 Å². The largest absolute Gasteiger partial charge is 0.344 e. The number of piperidine rings is 1. The summed E-state index contributed by atoms with van der Waals surface area (Å²) in [6.07, 6.45) is 4.30. The van der Waals surface area contributed by atoms with Gasteiger partial charge >= 0.3 is 0 Å². The Balaban J connectivity index is 1.32. The molecule has 7 nitrogen and oxygen atoms in total. The zero-order valence-corrected chi connectivity index (χ0v) is 22.7. The Bertz CT molecular complexity index is 1390. The lowest BCUT2D eigenvalue weighted by Crippen LogP contribution is -2.44. The van der Waals surface area contributed by atoms with Crippen molar-refractivity contribution in [3.05, 3.63) is 141 Å². The molecule has 5 rings (SSSR count). The molecule has 0 spiro atoms. The van der Waals surface area contributed by atoms with Gasteiger partial charge < -0.3 is 10.2 Å². The van der Waals surface area contributed by atoms with Crippen LogP contribution in [0.1, 0.15) is 58.0 Å². The number of carbonyl (C=O) groups excluding carboxylic acids is 1. The fourth-order valence-electron chi connectivity index (χ4n) is 5.83. The first-order chi connectivity index (χ1) is 19.5. The third-order valence-corrected chi connectivity index (χ3v) is 8.13. The quantitative estimate of drug-likeness (QED) is 0.203. The van der Waals surface area contributed by atoms with Gasteiger partial charge in [0.2, 0.25) is 0 Å². The second-order valence-corrected chi connectivity index (χ2v) is 10.5. The Labute approximate surface area is 235 Å². The van der Waals surface area contributed by atoms with Crippen molar-refractivity contribution in [2.45, 2.75) is 37.6 Å². The highest BCUT2D eigenvalue weighted by Gasteiger charge is 2.37. The minimum atomic E-state index is -0.409. The number of aromatic nitrogens is 1. The maximum Gasteiger partial charge on any atom is 0.270 e. The topological polar surface area (TPSA) is 88.4 Å². The normalized spacial score (nSPS) is 15.7. The molecule has 1 aliphatic rings. The Morgan fingerprint density at radius 2 is 1.52 bits per heavy atom. The molecule has 1 aliphatic heterocycles. The number of nitrogens with one attached hydrogen (secondary N) is 1. The van der Waals surface area contributed by atoms with E-state index in [1.807, 2.05) is 13.0 Å². The Kier molecular flexibility index (Phi) is 8.31. The van der Waals surface area contributed by atoms with E-state index in [9.17, 15) is 14.9 Å². The van der Waals surface area contributed by atoms with Crippen LogP contribution in [0.3, 0.4) is 0 Å². The predicted molar refractivity (Wildman–Crippen MR) is 156 cm³/mol. The summed E-state index contributed by atoms with van der Waals surface area (Å²) in [5.41, 5.74) is 4.74. The van der Waals surface area contributed by atoms with Crippen LogP contribution in [0.5, 0.6) is 0 Å². The number of amides is 1. The number of likely N-dealkylation sites (tertiary alicyclic amines) is 1. The van der Waals surface area contributed by atoms with E-state index in [0.717, 1.165) is 43.6 Å². The van der Waals surface area contributed by atoms with Gasteiger partial charge in [0.05, 0.1) is 11.0 Å². The fraction of sp³-hybridized carbons (Fsp3) is 0.273. The zero-order chi connectivity index (χ0) is 28.0. The average molecular weight is 535 g/mol. The highest BCUT2D eigenvalue weighted by molar-refractivity contribution is 5.93. The second kappa shape index (κ2) is 12.2. The number of rotatable bonds is 9. The SMILES string of the molecule is Cc1cccnc1C(=O)NC(CCN1CCC(c2ccccc2)(c2ccccc2)CC1)c1ccc([N+](=O)[O-])cc1. The number of carbonyl (C=O) groups is 1. The standard InChI is InChI=1S/C33H34N4O3/c1-25-9-8-21-34-31(25)32(38)35-30(26-14-16-29(17-15-26)37(39)40)18-22-36-23-19-33(20-24-36,27-10-4-2-5-11-27)28-12-6-3-7-13-28/h2-17,21,30H,18-20,22-24H2,1H3,(H,35,38). The lowest BCUT2D eigenvalue weighted by molar-refractivity contribution is -0.384. The molecule has 204 valence electrons. The van der Waals surface area contributed by atoms with Crippen molar-refractivity contribution >= 4 is 11.6 Å². The first-order valence-corrected chi connectivity index (χ1v) is 13.8. The van der Waals surface area contributed by atoms with E-state index in [2.05, 4.69) is 75.9 Å². The van der Waals surface area contributed by atoms with E-state index < -0.39 is 4.92 Å². The lowest BCUT2D eigenvalue weighted by atomic mass is 9.68. The monoisotopic (exact) mass is 534 g/mol. The van der Waals surface area contributed by atoms with Gasteiger partial charge in [-0.2, -0.15) is 0 Å². The van der Waals surface area contributed by atoms with Crippen LogP contribution in [0.4, 0.5) is 5.69 Å². The Morgan fingerprint density at radius 1 is 0.925 bits per heavy atom. The molecule has 2 heterocycles. The van der Waals surface area contributed by atoms with Gasteiger partial charge in [0.1, 0.15) is 5.69 Å². The molecule has 3 aromatic carbocycles. The van der Waals surface area contributed by atoms with E-state index in [1.165, 1.54) is 23.3 Å². The maximum absolute atomic E-state index is 13.2. The van der Waals surface area contributed by atoms with Crippen molar-refractivity contribution in [2.24, 2.45) is 0 Å². The number of nitro benzene ring substituents is 1. The molecule has 7 heteroatoms. The molecule has 0 radical (unpaired) electrons. The van der Waals surface area contributed by atoms with Crippen molar-refractivity contribution in [1.29, 1.82) is 0 Å². The number of aryl methyl sites for hydroxylation is 1. The molecule has 40 heavy (non-hydrogen) atoms. The van der Waals surface area contributed by atoms with Crippen molar-refractivity contribution in [2.75, 3.05) is 19.6 Å². The molecule has 1 N–H and O–H groups in total. The van der Waals surface area contributed by atoms with Crippen molar-refractivity contribution in [3.8, 4) is 0 Å². The summed E-state index contributed by atoms with van der Waals surface area (Å²) in [5.74, 6) is -0.243. The first kappa shape index (κ1) is 27.2. The smallest absolute Gasteiger partial charge is 0.270 e. The summed E-state index contributed by atoms with van der Waals surface area (Å²) >= 11 is 0. The van der Waals surface area contributed by atoms with Crippen molar-refractivity contribution in [3.63, 3.8) is 0 Å². The summed E-state index contributed by atoms with van der Waals surface area (Å²) in [4.78, 5) is 30.7. The highest BCUT2D eigenvalue weighted by atomic mass is 16.6. The minimum absolute atomic E-state index is 0.0263. The molecule has 1 aromatic heterocycles. The number of nitro groups is 1. The third-order valence-electron chi connectivity index (χ3n) is 8.13. The minimum Gasteiger partial charge on any atom is -0.344 e. The van der Waals surface area contributed by atoms with Crippen LogP contribution in [0.2, 0.25) is 0 Å². The Morgan fingerprint density at radius 3 is 2.08 bits per heavy atom. The first-order valence-electron chi connectivity index (χ1n) is 13.8. The lowest BCUT2D eigenvalue weighted by Gasteiger charge is -2.43. The zero-order valence-electron chi connectivity index (χ0n) is 22.7. The van der Waals surface area contributed by atoms with E-state index in [4.69, 9.17) is 0 Å². The molecule has 4 aromatic rings. The van der Waals surface area contributed by atoms with E-state index in [-0.39, 0.29) is 23.1 Å². The molecule has 1 amide bonds. The van der Waals surface area contributed by atoms with Crippen LogP contribution in [-0.2, 0) is 5.41 Å². The number of nitrogens with zero attached hydrogens (tertiary/aromatic N) is 3. The molecular formula is C33H34N4O3. The second-order valence-electron chi connectivity index (χ2n) is 10.5. The van der Waals surface area contributed by atoms with E-state index in [1.54, 1.807) is 24.4 Å². The van der Waals surface area contributed by atoms with Crippen LogP contribution in [0.25, 0.3) is 0 Å². The van der Waals surface area contributed by atoms with E-state index >= 15 is 0 Å². The van der Waals surface area contributed by atoms with Gasteiger partial charge in [-0.05, 0) is 67.6 Å². The van der Waals surface area contributed by atoms with Gasteiger partial charge in [-0.3, -0.25) is 19.9 Å². The molecule has 1 unspecified atom stereocenters. The molecular weight excluding hydrogens is 500 g/mol. The van der Waals surface area contributed by atoms with Gasteiger partial charge in [0, 0.05) is 30.3 Å². The number of hydrogen-bond donors (Lipinski definition) is 1. The molecule has 0 bridgehead atoms. The Hall–Kier alpha value is -4.36. The van der Waals surface area contributed by atoms with Crippen LogP contribution >= 0.6 is 0 Å². The summed E-state index contributed by atoms with van der Waals surface area (Å²) < 4.78 is 0. The number of pyridine rings is 1. The van der Waals surface area contributed by atoms with Crippen LogP contribution < -0.4 is 5.32 Å². The van der Waals surface area contributed by atoms with Gasteiger partial charge in [0.25, 0.3) is 11.6 Å². The van der Waals surface area contributed by atoms with Gasteiger partial charge in [0.15, 0.2) is 0 Å². The summed E-state index contributed by atoms with van der Waals surface area (Å²) in [7, 11) is 0. The van der Waals surface area contributed by atoms with E-state index in [0.29, 0.717) is 12.1 Å². The molecule has 1 saturated heterocycles. The number of non-ortho nitro benzene ring substituents is 1. The number of hydrogen-bond acceptors (Lipinski definition) is 5. The maximum atomic E-state index is 13.2. The van der Waals surface area contributed by atoms with Crippen LogP contribution in [0.15, 0.2) is 103 Å². The van der Waals surface area contributed by atoms with Gasteiger partial charge in [-0.15, -0.1) is 0 Å².